The Labute approximate surface area is 174 Å². The van der Waals surface area contributed by atoms with Gasteiger partial charge in [0, 0.05) is 10.6 Å². The van der Waals surface area contributed by atoms with Gasteiger partial charge in [0.05, 0.1) is 19.7 Å². The van der Waals surface area contributed by atoms with Crippen molar-refractivity contribution in [2.75, 3.05) is 7.11 Å². The molecule has 0 radical (unpaired) electrons. The highest BCUT2D eigenvalue weighted by Gasteiger charge is 2.04. The maximum atomic E-state index is 12.1. The molecule has 5 nitrogen and oxygen atoms in total. The molecule has 1 amide bonds. The van der Waals surface area contributed by atoms with Crippen molar-refractivity contribution >= 4 is 23.7 Å². The molecule has 0 saturated heterocycles. The summed E-state index contributed by atoms with van der Waals surface area (Å²) in [5.41, 5.74) is 5.15. The number of ether oxygens (including phenoxy) is 2. The minimum atomic E-state index is -0.205. The Bertz CT molecular complexity index is 987. The normalized spacial score (nSPS) is 10.7. The molecule has 0 aliphatic rings. The number of carbonyl (C=O) groups is 1. The molecule has 3 rings (SSSR count). The summed E-state index contributed by atoms with van der Waals surface area (Å²) in [5.74, 6) is 1.21. The molecule has 0 bridgehead atoms. The molecular weight excluding hydrogens is 388 g/mol. The van der Waals surface area contributed by atoms with E-state index in [1.165, 1.54) is 0 Å². The average molecular weight is 409 g/mol. The molecule has 0 aliphatic heterocycles. The van der Waals surface area contributed by atoms with Gasteiger partial charge in [0.2, 0.25) is 5.91 Å². The largest absolute Gasteiger partial charge is 0.497 e. The molecular formula is C23H21ClN2O3. The Hall–Kier alpha value is -3.31. The molecule has 148 valence electrons. The van der Waals surface area contributed by atoms with Crippen LogP contribution in [-0.2, 0) is 17.8 Å². The van der Waals surface area contributed by atoms with Gasteiger partial charge in [-0.1, -0.05) is 48.0 Å². The van der Waals surface area contributed by atoms with Gasteiger partial charge < -0.3 is 9.47 Å². The Morgan fingerprint density at radius 1 is 1.03 bits per heavy atom. The molecule has 3 aromatic carbocycles. The fraction of sp³-hybridized carbons (Fsp3) is 0.130. The highest BCUT2D eigenvalue weighted by molar-refractivity contribution is 6.30. The van der Waals surface area contributed by atoms with E-state index in [-0.39, 0.29) is 12.3 Å². The molecule has 29 heavy (non-hydrogen) atoms. The van der Waals surface area contributed by atoms with Gasteiger partial charge in [-0.25, -0.2) is 5.43 Å². The average Bonchev–Trinajstić information content (AvgIpc) is 2.74. The summed E-state index contributed by atoms with van der Waals surface area (Å²) in [5, 5.41) is 4.72. The van der Waals surface area contributed by atoms with E-state index >= 15 is 0 Å². The van der Waals surface area contributed by atoms with E-state index in [1.54, 1.807) is 13.3 Å². The Morgan fingerprint density at radius 2 is 1.83 bits per heavy atom. The van der Waals surface area contributed by atoms with Gasteiger partial charge in [-0.15, -0.1) is 0 Å². The number of hydrazone groups is 1. The zero-order valence-electron chi connectivity index (χ0n) is 16.0. The van der Waals surface area contributed by atoms with E-state index in [1.807, 2.05) is 72.8 Å². The van der Waals surface area contributed by atoms with Crippen LogP contribution in [0.1, 0.15) is 16.7 Å². The van der Waals surface area contributed by atoms with Crippen LogP contribution in [0.5, 0.6) is 11.5 Å². The van der Waals surface area contributed by atoms with Gasteiger partial charge in [0.1, 0.15) is 18.1 Å². The van der Waals surface area contributed by atoms with Crippen LogP contribution in [0.15, 0.2) is 77.9 Å². The maximum Gasteiger partial charge on any atom is 0.244 e. The number of methoxy groups -OCH3 is 1. The summed E-state index contributed by atoms with van der Waals surface area (Å²) in [6.45, 7) is 0.384. The lowest BCUT2D eigenvalue weighted by atomic mass is 10.1. The van der Waals surface area contributed by atoms with Crippen molar-refractivity contribution in [1.82, 2.24) is 5.43 Å². The quantitative estimate of drug-likeness (QED) is 0.437. The zero-order valence-corrected chi connectivity index (χ0v) is 16.7. The van der Waals surface area contributed by atoms with E-state index in [2.05, 4.69) is 10.5 Å². The smallest absolute Gasteiger partial charge is 0.244 e. The molecule has 0 spiro atoms. The number of benzene rings is 3. The van der Waals surface area contributed by atoms with Crippen LogP contribution >= 0.6 is 11.6 Å². The predicted molar refractivity (Wildman–Crippen MR) is 115 cm³/mol. The topological polar surface area (TPSA) is 59.9 Å². The fourth-order valence-corrected chi connectivity index (χ4v) is 2.86. The van der Waals surface area contributed by atoms with Crippen LogP contribution in [0.2, 0.25) is 5.02 Å². The van der Waals surface area contributed by atoms with E-state index in [0.29, 0.717) is 17.4 Å². The molecule has 0 saturated carbocycles. The summed E-state index contributed by atoms with van der Waals surface area (Å²) >= 11 is 6.01. The lowest BCUT2D eigenvalue weighted by Crippen LogP contribution is -2.19. The minimum Gasteiger partial charge on any atom is -0.497 e. The third-order valence-electron chi connectivity index (χ3n) is 4.12. The summed E-state index contributed by atoms with van der Waals surface area (Å²) < 4.78 is 11.0. The standard InChI is InChI=1S/C23H21ClN2O3/c1-28-21-11-9-17(10-12-21)14-23(27)26-25-15-19-6-2-3-8-22(19)29-16-18-5-4-7-20(24)13-18/h2-13,15H,14,16H2,1H3,(H,26,27)/b25-15-. The van der Waals surface area contributed by atoms with Gasteiger partial charge in [0.15, 0.2) is 0 Å². The monoisotopic (exact) mass is 408 g/mol. The number of nitrogens with zero attached hydrogens (tertiary/aromatic N) is 1. The van der Waals surface area contributed by atoms with E-state index < -0.39 is 0 Å². The molecule has 3 aromatic rings. The molecule has 0 atom stereocenters. The molecule has 0 aromatic heterocycles. The summed E-state index contributed by atoms with van der Waals surface area (Å²) in [6, 6.07) is 22.3. The molecule has 0 unspecified atom stereocenters. The first-order valence-corrected chi connectivity index (χ1v) is 9.43. The minimum absolute atomic E-state index is 0.205. The highest BCUT2D eigenvalue weighted by atomic mass is 35.5. The van der Waals surface area contributed by atoms with Crippen molar-refractivity contribution in [2.24, 2.45) is 5.10 Å². The third-order valence-corrected chi connectivity index (χ3v) is 4.35. The Balaban J connectivity index is 1.56. The molecule has 0 heterocycles. The van der Waals surface area contributed by atoms with Crippen LogP contribution in [0.3, 0.4) is 0 Å². The second kappa shape index (κ2) is 10.3. The summed E-state index contributed by atoms with van der Waals surface area (Å²) in [7, 11) is 1.60. The van der Waals surface area contributed by atoms with Gasteiger partial charge in [-0.05, 0) is 47.5 Å². The zero-order chi connectivity index (χ0) is 20.5. The van der Waals surface area contributed by atoms with E-state index in [9.17, 15) is 4.79 Å². The first kappa shape index (κ1) is 20.4. The van der Waals surface area contributed by atoms with Crippen molar-refractivity contribution in [2.45, 2.75) is 13.0 Å². The van der Waals surface area contributed by atoms with Crippen molar-refractivity contribution in [3.05, 3.63) is 94.5 Å². The van der Waals surface area contributed by atoms with Crippen LogP contribution in [0, 0.1) is 0 Å². The molecule has 0 fully saturated rings. The van der Waals surface area contributed by atoms with Crippen LogP contribution in [-0.4, -0.2) is 19.2 Å². The van der Waals surface area contributed by atoms with Gasteiger partial charge in [-0.3, -0.25) is 4.79 Å². The SMILES string of the molecule is COc1ccc(CC(=O)N/N=C\c2ccccc2OCc2cccc(Cl)c2)cc1. The number of hydrogen-bond donors (Lipinski definition) is 1. The van der Waals surface area contributed by atoms with Crippen LogP contribution < -0.4 is 14.9 Å². The number of nitrogens with one attached hydrogen (secondary N) is 1. The summed E-state index contributed by atoms with van der Waals surface area (Å²) in [4.78, 5) is 12.1. The lowest BCUT2D eigenvalue weighted by molar-refractivity contribution is -0.120. The highest BCUT2D eigenvalue weighted by Crippen LogP contribution is 2.19. The third kappa shape index (κ3) is 6.36. The maximum absolute atomic E-state index is 12.1. The van der Waals surface area contributed by atoms with Crippen LogP contribution in [0.4, 0.5) is 0 Å². The molecule has 1 N–H and O–H groups in total. The summed E-state index contributed by atoms with van der Waals surface area (Å²) in [6.07, 6.45) is 1.80. The number of rotatable bonds is 8. The number of halogens is 1. The van der Waals surface area contributed by atoms with Crippen molar-refractivity contribution in [1.29, 1.82) is 0 Å². The molecule has 0 aliphatic carbocycles. The van der Waals surface area contributed by atoms with Crippen molar-refractivity contribution in [3.63, 3.8) is 0 Å². The van der Waals surface area contributed by atoms with Crippen molar-refractivity contribution in [3.8, 4) is 11.5 Å². The van der Waals surface area contributed by atoms with E-state index in [0.717, 1.165) is 22.4 Å². The second-order valence-electron chi connectivity index (χ2n) is 6.27. The lowest BCUT2D eigenvalue weighted by Gasteiger charge is -2.09. The number of carbonyl (C=O) groups excluding carboxylic acids is 1. The van der Waals surface area contributed by atoms with Gasteiger partial charge in [-0.2, -0.15) is 5.10 Å². The van der Waals surface area contributed by atoms with Crippen LogP contribution in [0.25, 0.3) is 0 Å². The fourth-order valence-electron chi connectivity index (χ4n) is 2.65. The number of para-hydroxylation sites is 1. The number of amides is 1. The first-order valence-electron chi connectivity index (χ1n) is 9.05. The molecule has 6 heteroatoms. The van der Waals surface area contributed by atoms with Crippen molar-refractivity contribution < 1.29 is 14.3 Å². The second-order valence-corrected chi connectivity index (χ2v) is 6.71. The van der Waals surface area contributed by atoms with E-state index in [4.69, 9.17) is 21.1 Å². The Morgan fingerprint density at radius 3 is 2.59 bits per heavy atom. The predicted octanol–water partition coefficient (Wildman–Crippen LogP) is 4.62. The number of hydrogen-bond acceptors (Lipinski definition) is 4. The van der Waals surface area contributed by atoms with Gasteiger partial charge >= 0.3 is 0 Å². The Kier molecular flexibility index (Phi) is 7.25. The van der Waals surface area contributed by atoms with Gasteiger partial charge in [0.25, 0.3) is 0 Å². The first-order chi connectivity index (χ1) is 14.1.